The zero-order valence-electron chi connectivity index (χ0n) is 15.1. The fourth-order valence-corrected chi connectivity index (χ4v) is 3.80. The lowest BCUT2D eigenvalue weighted by atomic mass is 10.1. The average molecular weight is 372 g/mol. The summed E-state index contributed by atoms with van der Waals surface area (Å²) in [6.07, 6.45) is -0.574. The first-order chi connectivity index (χ1) is 12.4. The quantitative estimate of drug-likeness (QED) is 0.694. The highest BCUT2D eigenvalue weighted by Gasteiger charge is 2.19. The van der Waals surface area contributed by atoms with Gasteiger partial charge in [-0.15, -0.1) is 11.3 Å². The Morgan fingerprint density at radius 2 is 2.04 bits per heavy atom. The summed E-state index contributed by atoms with van der Waals surface area (Å²) in [6.45, 7) is 5.55. The van der Waals surface area contributed by atoms with Gasteiger partial charge in [0.15, 0.2) is 11.9 Å². The van der Waals surface area contributed by atoms with Gasteiger partial charge in [-0.05, 0) is 32.4 Å². The fraction of sp³-hybridized carbons (Fsp3) is 0.316. The Labute approximate surface area is 154 Å². The number of nitrogens with zero attached hydrogens (tertiary/aromatic N) is 1. The van der Waals surface area contributed by atoms with E-state index in [0.29, 0.717) is 21.8 Å². The molecule has 136 valence electrons. The molecule has 0 aliphatic heterocycles. The molecule has 0 radical (unpaired) electrons. The van der Waals surface area contributed by atoms with E-state index in [1.807, 2.05) is 32.0 Å². The molecule has 0 bridgehead atoms. The van der Waals surface area contributed by atoms with E-state index in [2.05, 4.69) is 9.97 Å². The van der Waals surface area contributed by atoms with Gasteiger partial charge >= 0.3 is 5.97 Å². The Morgan fingerprint density at radius 1 is 1.31 bits per heavy atom. The summed E-state index contributed by atoms with van der Waals surface area (Å²) in [6, 6.07) is 7.28. The molecule has 3 aromatic rings. The zero-order valence-corrected chi connectivity index (χ0v) is 15.9. The molecule has 26 heavy (non-hydrogen) atoms. The van der Waals surface area contributed by atoms with Crippen molar-refractivity contribution in [1.82, 2.24) is 9.97 Å². The second kappa shape index (κ2) is 7.29. The van der Waals surface area contributed by atoms with Crippen LogP contribution in [-0.2, 0) is 16.0 Å². The monoisotopic (exact) mass is 372 g/mol. The minimum absolute atomic E-state index is 0.0814. The fourth-order valence-electron chi connectivity index (χ4n) is 2.76. The Kier molecular flexibility index (Phi) is 5.08. The van der Waals surface area contributed by atoms with Crippen LogP contribution in [0.4, 0.5) is 0 Å². The number of carbonyl (C=O) groups is 1. The van der Waals surface area contributed by atoms with Gasteiger partial charge in [-0.3, -0.25) is 9.59 Å². The van der Waals surface area contributed by atoms with Crippen molar-refractivity contribution >= 4 is 27.5 Å². The highest BCUT2D eigenvalue weighted by Crippen LogP contribution is 2.27. The van der Waals surface area contributed by atoms with Crippen LogP contribution in [0.25, 0.3) is 10.2 Å². The van der Waals surface area contributed by atoms with Gasteiger partial charge in [0.1, 0.15) is 10.6 Å². The number of esters is 1. The summed E-state index contributed by atoms with van der Waals surface area (Å²) in [4.78, 5) is 33.5. The number of rotatable bonds is 5. The first-order valence-corrected chi connectivity index (χ1v) is 9.03. The molecule has 7 heteroatoms. The molecule has 1 atom stereocenters. The largest absolute Gasteiger partial charge is 0.496 e. The number of nitrogens with one attached hydrogen (secondary N) is 1. The number of thiophene rings is 1. The summed E-state index contributed by atoms with van der Waals surface area (Å²) in [5, 5.41) is 0.601. The lowest BCUT2D eigenvalue weighted by Gasteiger charge is -2.13. The first kappa shape index (κ1) is 18.1. The maximum Gasteiger partial charge on any atom is 0.311 e. The normalized spacial score (nSPS) is 12.2. The first-order valence-electron chi connectivity index (χ1n) is 8.22. The molecule has 2 aromatic heterocycles. The summed E-state index contributed by atoms with van der Waals surface area (Å²) in [5.41, 5.74) is 1.47. The van der Waals surface area contributed by atoms with Crippen LogP contribution in [0, 0.1) is 13.8 Å². The van der Waals surface area contributed by atoms with Crippen molar-refractivity contribution in [1.29, 1.82) is 0 Å². The van der Waals surface area contributed by atoms with Crippen LogP contribution in [0.1, 0.15) is 34.9 Å². The van der Waals surface area contributed by atoms with Crippen LogP contribution in [0.15, 0.2) is 29.1 Å². The van der Waals surface area contributed by atoms with Gasteiger partial charge < -0.3 is 14.5 Å². The van der Waals surface area contributed by atoms with Gasteiger partial charge in [0.05, 0.1) is 18.9 Å². The molecule has 0 unspecified atom stereocenters. The molecule has 1 N–H and O–H groups in total. The number of aryl methyl sites for hydroxylation is 2. The molecule has 1 aromatic carbocycles. The second-order valence-electron chi connectivity index (χ2n) is 6.04. The highest BCUT2D eigenvalue weighted by atomic mass is 32.1. The molecule has 0 aliphatic rings. The number of hydrogen-bond acceptors (Lipinski definition) is 6. The molecule has 0 saturated carbocycles. The lowest BCUT2D eigenvalue weighted by molar-refractivity contribution is -0.148. The molecule has 0 spiro atoms. The van der Waals surface area contributed by atoms with Gasteiger partial charge in [-0.25, -0.2) is 4.98 Å². The number of fused-ring (bicyclic) bond motifs is 1. The van der Waals surface area contributed by atoms with Crippen LogP contribution in [0.2, 0.25) is 0 Å². The molecule has 0 fully saturated rings. The van der Waals surface area contributed by atoms with Crippen LogP contribution < -0.4 is 10.3 Å². The number of aromatic amines is 1. The van der Waals surface area contributed by atoms with Crippen LogP contribution in [-0.4, -0.2) is 23.0 Å². The third-order valence-electron chi connectivity index (χ3n) is 4.28. The molecule has 0 amide bonds. The zero-order chi connectivity index (χ0) is 18.8. The van der Waals surface area contributed by atoms with E-state index in [0.717, 1.165) is 16.0 Å². The van der Waals surface area contributed by atoms with Crippen molar-refractivity contribution in [2.45, 2.75) is 33.3 Å². The summed E-state index contributed by atoms with van der Waals surface area (Å²) in [5.74, 6) is 0.565. The van der Waals surface area contributed by atoms with Gasteiger partial charge in [-0.1, -0.05) is 18.2 Å². The number of para-hydroxylation sites is 1. The molecular formula is C19H20N2O4S. The van der Waals surface area contributed by atoms with Gasteiger partial charge in [0.25, 0.3) is 5.56 Å². The van der Waals surface area contributed by atoms with Crippen molar-refractivity contribution in [3.63, 3.8) is 0 Å². The van der Waals surface area contributed by atoms with Crippen molar-refractivity contribution in [2.24, 2.45) is 0 Å². The Morgan fingerprint density at radius 3 is 2.77 bits per heavy atom. The van der Waals surface area contributed by atoms with Gasteiger partial charge in [0, 0.05) is 10.4 Å². The summed E-state index contributed by atoms with van der Waals surface area (Å²) in [7, 11) is 1.56. The minimum Gasteiger partial charge on any atom is -0.496 e. The number of ether oxygens (including phenoxy) is 2. The molecule has 3 rings (SSSR count). The van der Waals surface area contributed by atoms with Crippen molar-refractivity contribution < 1.29 is 14.3 Å². The van der Waals surface area contributed by atoms with E-state index in [4.69, 9.17) is 9.47 Å². The SMILES string of the molecule is COc1ccccc1CC(=O)O[C@@H](C)c1nc2sc(C)c(C)c2c(=O)[nH]1. The predicted molar refractivity (Wildman–Crippen MR) is 101 cm³/mol. The van der Waals surface area contributed by atoms with Crippen LogP contribution in [0.5, 0.6) is 5.75 Å². The smallest absolute Gasteiger partial charge is 0.311 e. The van der Waals surface area contributed by atoms with Gasteiger partial charge in [-0.2, -0.15) is 0 Å². The standard InChI is InChI=1S/C19H20N2O4S/c1-10-12(3)26-19-16(10)18(23)20-17(21-19)11(2)25-15(22)9-13-7-5-6-8-14(13)24-4/h5-8,11H,9H2,1-4H3,(H,20,21,23)/t11-/m0/s1. The molecule has 0 saturated heterocycles. The second-order valence-corrected chi connectivity index (χ2v) is 7.24. The Bertz CT molecular complexity index is 1020. The number of H-pyrrole nitrogens is 1. The number of benzene rings is 1. The number of methoxy groups -OCH3 is 1. The summed E-state index contributed by atoms with van der Waals surface area (Å²) >= 11 is 1.46. The Hall–Kier alpha value is -2.67. The van der Waals surface area contributed by atoms with E-state index in [9.17, 15) is 9.59 Å². The van der Waals surface area contributed by atoms with E-state index in [1.54, 1.807) is 20.1 Å². The van der Waals surface area contributed by atoms with Gasteiger partial charge in [0.2, 0.25) is 0 Å². The van der Waals surface area contributed by atoms with Crippen LogP contribution in [0.3, 0.4) is 0 Å². The average Bonchev–Trinajstić information content (AvgIpc) is 2.89. The summed E-state index contributed by atoms with van der Waals surface area (Å²) < 4.78 is 10.7. The minimum atomic E-state index is -0.656. The third-order valence-corrected chi connectivity index (χ3v) is 5.38. The van der Waals surface area contributed by atoms with E-state index in [1.165, 1.54) is 11.3 Å². The molecule has 0 aliphatic carbocycles. The predicted octanol–water partition coefficient (Wildman–Crippen LogP) is 3.46. The maximum absolute atomic E-state index is 12.4. The topological polar surface area (TPSA) is 81.3 Å². The molecule has 2 heterocycles. The number of hydrogen-bond donors (Lipinski definition) is 1. The van der Waals surface area contributed by atoms with Crippen molar-refractivity contribution in [3.8, 4) is 5.75 Å². The van der Waals surface area contributed by atoms with E-state index < -0.39 is 12.1 Å². The van der Waals surface area contributed by atoms with Crippen molar-refractivity contribution in [2.75, 3.05) is 7.11 Å². The number of carbonyl (C=O) groups excluding carboxylic acids is 1. The van der Waals surface area contributed by atoms with E-state index in [-0.39, 0.29) is 12.0 Å². The van der Waals surface area contributed by atoms with Crippen molar-refractivity contribution in [3.05, 3.63) is 56.4 Å². The number of aromatic nitrogens is 2. The maximum atomic E-state index is 12.4. The van der Waals surface area contributed by atoms with Crippen LogP contribution >= 0.6 is 11.3 Å². The third kappa shape index (κ3) is 3.48. The lowest BCUT2D eigenvalue weighted by Crippen LogP contribution is -2.18. The van der Waals surface area contributed by atoms with E-state index >= 15 is 0 Å². The molecular weight excluding hydrogens is 352 g/mol. The Balaban J connectivity index is 1.79. The highest BCUT2D eigenvalue weighted by molar-refractivity contribution is 7.18. The molecule has 6 nitrogen and oxygen atoms in total.